The summed E-state index contributed by atoms with van der Waals surface area (Å²) >= 11 is 0. The smallest absolute Gasteiger partial charge is 0.0282 e. The third-order valence-electron chi connectivity index (χ3n) is 2.01. The first-order valence-corrected chi connectivity index (χ1v) is 5.16. The Morgan fingerprint density at radius 1 is 1.17 bits per heavy atom. The summed E-state index contributed by atoms with van der Waals surface area (Å²) in [6.45, 7) is 6.55. The largest absolute Gasteiger partial charge is 0.0845 e. The Labute approximate surface area is 77.4 Å². The second kappa shape index (κ2) is 8.58. The molecule has 0 unspecified atom stereocenters. The van der Waals surface area contributed by atoms with Gasteiger partial charge in [-0.05, 0) is 26.2 Å². The molecule has 0 amide bonds. The molecule has 70 valence electrons. The van der Waals surface area contributed by atoms with Gasteiger partial charge in [0.2, 0.25) is 0 Å². The van der Waals surface area contributed by atoms with Gasteiger partial charge in [-0.3, -0.25) is 0 Å². The van der Waals surface area contributed by atoms with E-state index in [0.717, 1.165) is 6.42 Å². The topological polar surface area (TPSA) is 0 Å². The molecule has 0 aliphatic rings. The van der Waals surface area contributed by atoms with Crippen molar-refractivity contribution in [1.82, 2.24) is 0 Å². The van der Waals surface area contributed by atoms with E-state index in [-0.39, 0.29) is 0 Å². The average molecular weight is 166 g/mol. The van der Waals surface area contributed by atoms with Gasteiger partial charge in [0.1, 0.15) is 0 Å². The minimum absolute atomic E-state index is 1.14. The molecule has 0 fully saturated rings. The molecule has 0 aliphatic heterocycles. The van der Waals surface area contributed by atoms with Crippen molar-refractivity contribution < 1.29 is 0 Å². The average Bonchev–Trinajstić information content (AvgIpc) is 2.11. The minimum Gasteiger partial charge on any atom is -0.0845 e. The van der Waals surface area contributed by atoms with E-state index < -0.39 is 0 Å². The van der Waals surface area contributed by atoms with Crippen LogP contribution in [0.3, 0.4) is 0 Å². The predicted octanol–water partition coefficient (Wildman–Crippen LogP) is 4.48. The van der Waals surface area contributed by atoms with E-state index in [1.807, 2.05) is 0 Å². The fraction of sp³-hybridized carbons (Fsp3) is 0.667. The lowest BCUT2D eigenvalue weighted by Gasteiger charge is -1.99. The third kappa shape index (κ3) is 6.21. The molecule has 0 radical (unpaired) electrons. The number of rotatable bonds is 6. The standard InChI is InChI=1S/C12H22/c1-4-7-9-11-12(6-3)10-8-5-2/h6,8,10H,4-5,7,9,11H2,1-3H3/b10-8-,12-6+. The third-order valence-corrected chi connectivity index (χ3v) is 2.01. The van der Waals surface area contributed by atoms with Crippen molar-refractivity contribution in [3.8, 4) is 0 Å². The summed E-state index contributed by atoms with van der Waals surface area (Å²) in [5.41, 5.74) is 1.49. The second-order valence-corrected chi connectivity index (χ2v) is 3.13. The van der Waals surface area contributed by atoms with Gasteiger partial charge >= 0.3 is 0 Å². The Hall–Kier alpha value is -0.520. The van der Waals surface area contributed by atoms with Crippen molar-refractivity contribution in [2.24, 2.45) is 0 Å². The molecule has 0 rings (SSSR count). The first-order chi connectivity index (χ1) is 5.85. The maximum absolute atomic E-state index is 2.26. The predicted molar refractivity (Wildman–Crippen MR) is 57.3 cm³/mol. The van der Waals surface area contributed by atoms with Crippen LogP contribution in [-0.4, -0.2) is 0 Å². The van der Waals surface area contributed by atoms with Crippen LogP contribution in [0.25, 0.3) is 0 Å². The van der Waals surface area contributed by atoms with E-state index >= 15 is 0 Å². The van der Waals surface area contributed by atoms with Crippen LogP contribution < -0.4 is 0 Å². The molecular weight excluding hydrogens is 144 g/mol. The van der Waals surface area contributed by atoms with Gasteiger partial charge in [-0.1, -0.05) is 50.5 Å². The molecule has 0 aromatic carbocycles. The molecule has 0 aromatic rings. The van der Waals surface area contributed by atoms with Crippen molar-refractivity contribution in [2.75, 3.05) is 0 Å². The van der Waals surface area contributed by atoms with E-state index in [0.29, 0.717) is 0 Å². The highest BCUT2D eigenvalue weighted by Crippen LogP contribution is 2.10. The van der Waals surface area contributed by atoms with Gasteiger partial charge in [-0.2, -0.15) is 0 Å². The summed E-state index contributed by atoms with van der Waals surface area (Å²) in [5.74, 6) is 0. The second-order valence-electron chi connectivity index (χ2n) is 3.13. The lowest BCUT2D eigenvalue weighted by atomic mass is 10.1. The fourth-order valence-electron chi connectivity index (χ4n) is 1.17. The fourth-order valence-corrected chi connectivity index (χ4v) is 1.17. The highest BCUT2D eigenvalue weighted by atomic mass is 14.0. The minimum atomic E-state index is 1.14. The first-order valence-electron chi connectivity index (χ1n) is 5.16. The van der Waals surface area contributed by atoms with E-state index in [4.69, 9.17) is 0 Å². The van der Waals surface area contributed by atoms with Crippen molar-refractivity contribution in [3.05, 3.63) is 23.8 Å². The Morgan fingerprint density at radius 3 is 2.42 bits per heavy atom. The van der Waals surface area contributed by atoms with Crippen LogP contribution in [-0.2, 0) is 0 Å². The Bertz CT molecular complexity index is 140. The summed E-state index contributed by atoms with van der Waals surface area (Å²) in [7, 11) is 0. The Kier molecular flexibility index (Phi) is 8.20. The van der Waals surface area contributed by atoms with Crippen LogP contribution in [0.15, 0.2) is 23.8 Å². The molecule has 0 N–H and O–H groups in total. The molecule has 12 heavy (non-hydrogen) atoms. The lowest BCUT2D eigenvalue weighted by molar-refractivity contribution is 0.718. The lowest BCUT2D eigenvalue weighted by Crippen LogP contribution is -1.79. The molecule has 0 heterocycles. The number of hydrogen-bond donors (Lipinski definition) is 0. The van der Waals surface area contributed by atoms with Gasteiger partial charge in [0.25, 0.3) is 0 Å². The van der Waals surface area contributed by atoms with Gasteiger partial charge in [0.05, 0.1) is 0 Å². The maximum Gasteiger partial charge on any atom is -0.0282 e. The SMILES string of the molecule is C/C=C(\C=C/CC)CCCCC. The molecule has 0 aromatic heterocycles. The summed E-state index contributed by atoms with van der Waals surface area (Å²) in [5, 5.41) is 0. The normalized spacial score (nSPS) is 12.8. The van der Waals surface area contributed by atoms with Crippen molar-refractivity contribution in [1.29, 1.82) is 0 Å². The molecule has 0 bridgehead atoms. The zero-order chi connectivity index (χ0) is 9.23. The molecule has 0 heteroatoms. The zero-order valence-corrected chi connectivity index (χ0v) is 8.77. The van der Waals surface area contributed by atoms with Crippen LogP contribution in [0.1, 0.15) is 52.9 Å². The van der Waals surface area contributed by atoms with Crippen LogP contribution in [0.4, 0.5) is 0 Å². The summed E-state index contributed by atoms with van der Waals surface area (Å²) in [6, 6.07) is 0. The van der Waals surface area contributed by atoms with E-state index in [2.05, 4.69) is 39.0 Å². The van der Waals surface area contributed by atoms with Crippen molar-refractivity contribution >= 4 is 0 Å². The van der Waals surface area contributed by atoms with E-state index in [1.54, 1.807) is 0 Å². The quantitative estimate of drug-likeness (QED) is 0.403. The van der Waals surface area contributed by atoms with Crippen LogP contribution in [0.5, 0.6) is 0 Å². The summed E-state index contributed by atoms with van der Waals surface area (Å²) in [6.07, 6.45) is 13.1. The Balaban J connectivity index is 3.62. The van der Waals surface area contributed by atoms with Gasteiger partial charge in [-0.25, -0.2) is 0 Å². The molecule has 0 nitrogen and oxygen atoms in total. The van der Waals surface area contributed by atoms with Gasteiger partial charge < -0.3 is 0 Å². The van der Waals surface area contributed by atoms with Crippen molar-refractivity contribution in [3.63, 3.8) is 0 Å². The zero-order valence-electron chi connectivity index (χ0n) is 8.77. The number of allylic oxidation sites excluding steroid dienone is 4. The summed E-state index contributed by atoms with van der Waals surface area (Å²) < 4.78 is 0. The molecule has 0 saturated heterocycles. The van der Waals surface area contributed by atoms with Gasteiger partial charge in [-0.15, -0.1) is 0 Å². The molecule has 0 aliphatic carbocycles. The number of unbranched alkanes of at least 4 members (excludes halogenated alkanes) is 2. The van der Waals surface area contributed by atoms with E-state index in [1.165, 1.54) is 31.3 Å². The summed E-state index contributed by atoms with van der Waals surface area (Å²) in [4.78, 5) is 0. The number of hydrogen-bond acceptors (Lipinski definition) is 0. The molecule has 0 atom stereocenters. The van der Waals surface area contributed by atoms with E-state index in [9.17, 15) is 0 Å². The molecule has 0 spiro atoms. The van der Waals surface area contributed by atoms with Crippen LogP contribution >= 0.6 is 0 Å². The van der Waals surface area contributed by atoms with Gasteiger partial charge in [0.15, 0.2) is 0 Å². The maximum atomic E-state index is 2.26. The first kappa shape index (κ1) is 11.5. The Morgan fingerprint density at radius 2 is 1.92 bits per heavy atom. The molecular formula is C12H22. The van der Waals surface area contributed by atoms with Crippen LogP contribution in [0, 0.1) is 0 Å². The van der Waals surface area contributed by atoms with Gasteiger partial charge in [0, 0.05) is 0 Å². The van der Waals surface area contributed by atoms with Crippen LogP contribution in [0.2, 0.25) is 0 Å². The highest BCUT2D eigenvalue weighted by Gasteiger charge is 1.90. The molecule has 0 saturated carbocycles. The monoisotopic (exact) mass is 166 g/mol. The van der Waals surface area contributed by atoms with Crippen molar-refractivity contribution in [2.45, 2.75) is 52.9 Å². The highest BCUT2D eigenvalue weighted by molar-refractivity contribution is 5.17.